The number of ether oxygens (including phenoxy) is 1. The smallest absolute Gasteiger partial charge is 0.322 e. The van der Waals surface area contributed by atoms with Crippen molar-refractivity contribution in [2.45, 2.75) is 69.5 Å². The van der Waals surface area contributed by atoms with E-state index in [1.165, 1.54) is 32.1 Å². The summed E-state index contributed by atoms with van der Waals surface area (Å²) in [5, 5.41) is 2.93. The fraction of sp³-hybridized carbons (Fsp3) is 0.800. The molecule has 0 aromatic heterocycles. The first kappa shape index (κ1) is 21.7. The molecule has 0 aliphatic heterocycles. The van der Waals surface area contributed by atoms with Crippen molar-refractivity contribution in [3.8, 4) is 0 Å². The Bertz CT molecular complexity index is 333. The van der Waals surface area contributed by atoms with Crippen LogP contribution in [0.3, 0.4) is 0 Å². The number of nitrogens with one attached hydrogen (secondary N) is 2. The summed E-state index contributed by atoms with van der Waals surface area (Å²) < 4.78 is 4.63. The maximum Gasteiger partial charge on any atom is 0.322 e. The van der Waals surface area contributed by atoms with Gasteiger partial charge in [-0.3, -0.25) is 10.6 Å². The summed E-state index contributed by atoms with van der Waals surface area (Å²) in [6.45, 7) is 4.13. The molecule has 7 heteroatoms. The van der Waals surface area contributed by atoms with Crippen LogP contribution in [-0.2, 0) is 9.53 Å². The summed E-state index contributed by atoms with van der Waals surface area (Å²) in [5.74, 6) is 3.50. The number of allylic oxidation sites excluding steroid dienone is 1. The third-order valence-electron chi connectivity index (χ3n) is 3.29. The van der Waals surface area contributed by atoms with Crippen molar-refractivity contribution in [2.24, 2.45) is 0 Å². The number of carbonyl (C=O) groups is 1. The summed E-state index contributed by atoms with van der Waals surface area (Å²) in [6, 6.07) is 0. The molecule has 0 aliphatic carbocycles. The van der Waals surface area contributed by atoms with Crippen molar-refractivity contribution >= 4 is 31.3 Å². The molecule has 0 spiro atoms. The third-order valence-corrected chi connectivity index (χ3v) is 3.78. The number of hydrogen-bond acceptors (Lipinski definition) is 4. The zero-order valence-electron chi connectivity index (χ0n) is 13.9. The van der Waals surface area contributed by atoms with Gasteiger partial charge in [-0.1, -0.05) is 48.0 Å². The number of rotatable bonds is 13. The van der Waals surface area contributed by atoms with Crippen molar-refractivity contribution < 1.29 is 15.4 Å². The lowest BCUT2D eigenvalue weighted by molar-refractivity contribution is -0.432. The number of hydrogen-bond donors (Lipinski definition) is 3. The van der Waals surface area contributed by atoms with E-state index in [9.17, 15) is 4.79 Å². The molecule has 0 amide bonds. The molecular formula is C15H32BrN3O2P+. The van der Waals surface area contributed by atoms with Gasteiger partial charge in [-0.2, -0.15) is 0 Å². The first-order valence-corrected chi connectivity index (χ1v) is 9.33. The highest BCUT2D eigenvalue weighted by Gasteiger charge is 2.24. The van der Waals surface area contributed by atoms with Gasteiger partial charge in [-0.15, -0.1) is 0 Å². The summed E-state index contributed by atoms with van der Waals surface area (Å²) in [7, 11) is 2.45. The van der Waals surface area contributed by atoms with Gasteiger partial charge in [0, 0.05) is 6.20 Å². The highest BCUT2D eigenvalue weighted by Crippen LogP contribution is 2.18. The molecule has 0 saturated carbocycles. The largest absolute Gasteiger partial charge is 0.465 e. The lowest BCUT2D eigenvalue weighted by atomic mass is 10.1. The molecule has 0 aliphatic rings. The lowest BCUT2D eigenvalue weighted by Gasteiger charge is -2.14. The Balaban J connectivity index is 3.38. The van der Waals surface area contributed by atoms with E-state index in [0.29, 0.717) is 6.61 Å². The maximum atomic E-state index is 11.5. The van der Waals surface area contributed by atoms with Crippen molar-refractivity contribution in [3.63, 3.8) is 0 Å². The van der Waals surface area contributed by atoms with E-state index in [0.717, 1.165) is 25.0 Å². The van der Waals surface area contributed by atoms with Gasteiger partial charge in [0.2, 0.25) is 0 Å². The van der Waals surface area contributed by atoms with E-state index in [1.54, 1.807) is 13.8 Å². The van der Waals surface area contributed by atoms with Crippen LogP contribution in [0.15, 0.2) is 11.9 Å². The zero-order valence-corrected chi connectivity index (χ0v) is 16.7. The molecule has 0 saturated heterocycles. The van der Waals surface area contributed by atoms with Crippen LogP contribution in [-0.4, -0.2) is 16.9 Å². The topological polar surface area (TPSA) is 78.0 Å². The van der Waals surface area contributed by atoms with Crippen LogP contribution in [0.5, 0.6) is 0 Å². The maximum absolute atomic E-state index is 11.5. The Morgan fingerprint density at radius 1 is 1.18 bits per heavy atom. The predicted octanol–water partition coefficient (Wildman–Crippen LogP) is 2.79. The standard InChI is InChI=1S/C15H31BrN3O2P/c1-15(2,16)14(20)21-11-9-7-5-3-4-6-8-10-13(19-17)12-18-22/h12,18-19H,3-11,17,22H2,1-2H3/p+1. The van der Waals surface area contributed by atoms with Gasteiger partial charge in [0.25, 0.3) is 0 Å². The highest BCUT2D eigenvalue weighted by molar-refractivity contribution is 9.10. The van der Waals surface area contributed by atoms with Crippen LogP contribution in [0.1, 0.15) is 65.2 Å². The van der Waals surface area contributed by atoms with Crippen molar-refractivity contribution in [2.75, 3.05) is 6.61 Å². The van der Waals surface area contributed by atoms with Gasteiger partial charge >= 0.3 is 5.97 Å². The van der Waals surface area contributed by atoms with Gasteiger partial charge in [0.1, 0.15) is 4.32 Å². The Morgan fingerprint density at radius 2 is 1.73 bits per heavy atom. The van der Waals surface area contributed by atoms with E-state index in [-0.39, 0.29) is 5.97 Å². The van der Waals surface area contributed by atoms with Crippen LogP contribution in [0.25, 0.3) is 0 Å². The monoisotopic (exact) mass is 396 g/mol. The average molecular weight is 397 g/mol. The molecule has 1 atom stereocenters. The molecule has 0 aromatic rings. The van der Waals surface area contributed by atoms with E-state index < -0.39 is 4.32 Å². The van der Waals surface area contributed by atoms with Crippen LogP contribution < -0.4 is 16.4 Å². The Labute approximate surface area is 145 Å². The Morgan fingerprint density at radius 3 is 2.23 bits per heavy atom. The summed E-state index contributed by atoms with van der Waals surface area (Å²) >= 11 is 3.30. The molecule has 0 radical (unpaired) electrons. The van der Waals surface area contributed by atoms with E-state index in [2.05, 4.69) is 41.7 Å². The first-order valence-electron chi connectivity index (χ1n) is 7.96. The minimum absolute atomic E-state index is 0.185. The molecule has 0 bridgehead atoms. The molecule has 130 valence electrons. The number of quaternary nitrogens is 1. The molecule has 5 N–H and O–H groups in total. The number of carbonyl (C=O) groups excluding carboxylic acids is 1. The predicted molar refractivity (Wildman–Crippen MR) is 97.9 cm³/mol. The minimum atomic E-state index is -0.574. The summed E-state index contributed by atoms with van der Waals surface area (Å²) in [6.07, 6.45) is 11.2. The molecule has 0 aromatic carbocycles. The van der Waals surface area contributed by atoms with E-state index in [1.807, 2.05) is 6.20 Å². The number of esters is 1. The molecular weight excluding hydrogens is 365 g/mol. The molecule has 0 rings (SSSR count). The summed E-state index contributed by atoms with van der Waals surface area (Å²) in [5.41, 5.74) is 4.07. The quantitative estimate of drug-likeness (QED) is 0.147. The first-order chi connectivity index (χ1) is 10.4. The van der Waals surface area contributed by atoms with Gasteiger partial charge < -0.3 is 9.82 Å². The molecule has 0 heterocycles. The highest BCUT2D eigenvalue weighted by atomic mass is 79.9. The molecule has 5 nitrogen and oxygen atoms in total. The van der Waals surface area contributed by atoms with Gasteiger partial charge in [0.05, 0.1) is 12.3 Å². The number of unbranched alkanes of at least 4 members (excludes halogenated alkanes) is 6. The van der Waals surface area contributed by atoms with Crippen molar-refractivity contribution in [3.05, 3.63) is 11.9 Å². The molecule has 1 unspecified atom stereocenters. The third kappa shape index (κ3) is 12.2. The Kier molecular flexibility index (Phi) is 13.0. The number of halogens is 1. The van der Waals surface area contributed by atoms with Crippen LogP contribution in [0.2, 0.25) is 0 Å². The second kappa shape index (κ2) is 13.1. The van der Waals surface area contributed by atoms with E-state index in [4.69, 9.17) is 4.74 Å². The Hall–Kier alpha value is -0.320. The second-order valence-corrected chi connectivity index (χ2v) is 8.16. The van der Waals surface area contributed by atoms with Crippen molar-refractivity contribution in [1.82, 2.24) is 10.5 Å². The fourth-order valence-electron chi connectivity index (χ4n) is 1.95. The van der Waals surface area contributed by atoms with Crippen molar-refractivity contribution in [1.29, 1.82) is 0 Å². The lowest BCUT2D eigenvalue weighted by Crippen LogP contribution is -2.64. The summed E-state index contributed by atoms with van der Waals surface area (Å²) in [4.78, 5) is 11.5. The second-order valence-electron chi connectivity index (χ2n) is 5.85. The normalized spacial score (nSPS) is 12.1. The molecule has 0 fully saturated rings. The SMILES string of the molecule is CC(C)(Br)C(=O)OCCCCCCCCCC(=CNP)N[NH3+]. The van der Waals surface area contributed by atoms with Gasteiger partial charge in [-0.25, -0.2) is 5.43 Å². The van der Waals surface area contributed by atoms with Gasteiger partial charge in [-0.05, 0) is 42.5 Å². The minimum Gasteiger partial charge on any atom is -0.465 e. The zero-order chi connectivity index (χ0) is 16.8. The van der Waals surface area contributed by atoms with Crippen LogP contribution in [0.4, 0.5) is 0 Å². The number of alkyl halides is 1. The average Bonchev–Trinajstić information content (AvgIpc) is 2.46. The molecule has 22 heavy (non-hydrogen) atoms. The van der Waals surface area contributed by atoms with Crippen LogP contribution >= 0.6 is 25.3 Å². The van der Waals surface area contributed by atoms with E-state index >= 15 is 0 Å². The van der Waals surface area contributed by atoms with Gasteiger partial charge in [0.15, 0.2) is 0 Å². The fourth-order valence-corrected chi connectivity index (χ4v) is 2.27. The van der Waals surface area contributed by atoms with Crippen LogP contribution in [0, 0.1) is 0 Å².